The molecule has 0 spiro atoms. The summed E-state index contributed by atoms with van der Waals surface area (Å²) in [7, 11) is -9.90. The third-order valence-electron chi connectivity index (χ3n) is 17.3. The Morgan fingerprint density at radius 3 is 0.731 bits per heavy atom. The summed E-state index contributed by atoms with van der Waals surface area (Å²) in [5.74, 6) is -1.39. The van der Waals surface area contributed by atoms with Crippen molar-refractivity contribution >= 4 is 39.5 Å². The third-order valence-corrected chi connectivity index (χ3v) is 19.2. The SMILES string of the molecule is CCCCCCCCCCCCCCCCCCCCCC(=O)O[C@H](COC(=O)CCCCCCCCCCCCCCCCCCC)COP(=O)(O)OC[C@@H](O)COP(=O)(O)OC[C@@H](COC(=O)CCCCCCC)OC(=O)CCCCCCCCCCCC(C)C. The van der Waals surface area contributed by atoms with E-state index in [-0.39, 0.29) is 25.7 Å². The second-order valence-electron chi connectivity index (χ2n) is 27.2. The summed E-state index contributed by atoms with van der Waals surface area (Å²) in [5.41, 5.74) is 0. The molecule has 0 aromatic carbocycles. The fourth-order valence-corrected chi connectivity index (χ4v) is 12.9. The van der Waals surface area contributed by atoms with Crippen molar-refractivity contribution in [3.05, 3.63) is 0 Å². The molecule has 17 nitrogen and oxygen atoms in total. The highest BCUT2D eigenvalue weighted by Crippen LogP contribution is 2.45. The van der Waals surface area contributed by atoms with Crippen LogP contribution in [0, 0.1) is 5.92 Å². The van der Waals surface area contributed by atoms with Crippen LogP contribution < -0.4 is 0 Å². The molecule has 0 aliphatic rings. The first kappa shape index (κ1) is 91.1. The van der Waals surface area contributed by atoms with Gasteiger partial charge < -0.3 is 33.8 Å². The van der Waals surface area contributed by atoms with Gasteiger partial charge in [-0.25, -0.2) is 9.13 Å². The molecule has 0 aromatic heterocycles. The number of carbonyl (C=O) groups excluding carboxylic acids is 4. The smallest absolute Gasteiger partial charge is 0.462 e. The molecule has 0 fully saturated rings. The van der Waals surface area contributed by atoms with Gasteiger partial charge in [-0.3, -0.25) is 37.3 Å². The van der Waals surface area contributed by atoms with Crippen molar-refractivity contribution < 1.29 is 80.2 Å². The summed E-state index contributed by atoms with van der Waals surface area (Å²) in [6.45, 7) is 7.16. The summed E-state index contributed by atoms with van der Waals surface area (Å²) in [4.78, 5) is 72.4. The van der Waals surface area contributed by atoms with Crippen LogP contribution in [0.5, 0.6) is 0 Å². The zero-order valence-electron chi connectivity index (χ0n) is 60.4. The maximum absolute atomic E-state index is 13.1. The summed E-state index contributed by atoms with van der Waals surface area (Å²) in [6, 6.07) is 0. The highest BCUT2D eigenvalue weighted by atomic mass is 31.2. The summed E-state index contributed by atoms with van der Waals surface area (Å²) in [5, 5.41) is 10.6. The van der Waals surface area contributed by atoms with Gasteiger partial charge in [0.2, 0.25) is 0 Å². The monoisotopic (exact) mass is 1370 g/mol. The number of phosphoric ester groups is 2. The lowest BCUT2D eigenvalue weighted by molar-refractivity contribution is -0.161. The van der Waals surface area contributed by atoms with Crippen molar-refractivity contribution in [1.82, 2.24) is 0 Å². The number of hydrogen-bond acceptors (Lipinski definition) is 15. The molecule has 0 amide bonds. The Morgan fingerprint density at radius 2 is 0.495 bits per heavy atom. The maximum Gasteiger partial charge on any atom is 0.472 e. The highest BCUT2D eigenvalue weighted by molar-refractivity contribution is 7.47. The van der Waals surface area contributed by atoms with Crippen LogP contribution in [0.15, 0.2) is 0 Å². The first-order chi connectivity index (χ1) is 45.0. The molecule has 552 valence electrons. The molecule has 0 bridgehead atoms. The van der Waals surface area contributed by atoms with E-state index >= 15 is 0 Å². The van der Waals surface area contributed by atoms with E-state index < -0.39 is 97.5 Å². The zero-order valence-corrected chi connectivity index (χ0v) is 62.2. The number of carbonyl (C=O) groups is 4. The van der Waals surface area contributed by atoms with Crippen LogP contribution in [0.4, 0.5) is 0 Å². The summed E-state index contributed by atoms with van der Waals surface area (Å²) in [6.07, 6.45) is 56.0. The summed E-state index contributed by atoms with van der Waals surface area (Å²) >= 11 is 0. The van der Waals surface area contributed by atoms with Gasteiger partial charge in [0.1, 0.15) is 19.3 Å². The van der Waals surface area contributed by atoms with Crippen LogP contribution in [0.25, 0.3) is 0 Å². The van der Waals surface area contributed by atoms with Crippen LogP contribution in [0.1, 0.15) is 388 Å². The average Bonchev–Trinajstić information content (AvgIpc) is 3.31. The molecule has 0 saturated heterocycles. The van der Waals surface area contributed by atoms with Crippen molar-refractivity contribution in [2.75, 3.05) is 39.6 Å². The normalized spacial score (nSPS) is 14.0. The van der Waals surface area contributed by atoms with Crippen LogP contribution in [-0.2, 0) is 65.4 Å². The van der Waals surface area contributed by atoms with Crippen molar-refractivity contribution in [2.45, 2.75) is 406 Å². The minimum atomic E-state index is -4.95. The van der Waals surface area contributed by atoms with Crippen molar-refractivity contribution in [3.8, 4) is 0 Å². The Hall–Kier alpha value is -1.94. The standard InChI is InChI=1S/C74H144O17P2/c1-6-9-12-15-17-19-21-23-25-27-28-30-32-34-36-40-44-49-54-59-73(78)91-70(64-85-72(77)58-53-48-43-39-35-33-31-29-26-24-22-20-18-16-13-10-7-2)66-89-93(82,83)87-62-68(75)61-86-92(80,81)88-65-69(63-84-71(76)57-52-46-14-11-8-3)90-74(79)60-55-50-45-41-37-38-42-47-51-56-67(4)5/h67-70,75H,6-66H2,1-5H3,(H,80,81)(H,82,83)/t68-,69+,70+/m0/s1. The number of aliphatic hydroxyl groups is 1. The minimum Gasteiger partial charge on any atom is -0.462 e. The quantitative estimate of drug-likeness (QED) is 0.0222. The molecule has 3 N–H and O–H groups in total. The van der Waals surface area contributed by atoms with Gasteiger partial charge in [-0.15, -0.1) is 0 Å². The van der Waals surface area contributed by atoms with E-state index in [1.165, 1.54) is 205 Å². The first-order valence-corrected chi connectivity index (χ1v) is 41.6. The van der Waals surface area contributed by atoms with E-state index in [2.05, 4.69) is 34.6 Å². The molecular formula is C74H144O17P2. The largest absolute Gasteiger partial charge is 0.472 e. The predicted molar refractivity (Wildman–Crippen MR) is 377 cm³/mol. The maximum atomic E-state index is 13.1. The van der Waals surface area contributed by atoms with E-state index in [0.717, 1.165) is 102 Å². The number of ether oxygens (including phenoxy) is 4. The molecule has 0 aromatic rings. The average molecular weight is 1370 g/mol. The Balaban J connectivity index is 5.14. The van der Waals surface area contributed by atoms with E-state index in [4.69, 9.17) is 37.0 Å². The van der Waals surface area contributed by atoms with Crippen LogP contribution in [0.3, 0.4) is 0 Å². The van der Waals surface area contributed by atoms with Crippen molar-refractivity contribution in [2.24, 2.45) is 5.92 Å². The molecule has 0 radical (unpaired) electrons. The number of aliphatic hydroxyl groups excluding tert-OH is 1. The number of esters is 4. The summed E-state index contributed by atoms with van der Waals surface area (Å²) < 4.78 is 68.2. The molecule has 0 heterocycles. The van der Waals surface area contributed by atoms with Gasteiger partial charge in [0.05, 0.1) is 26.4 Å². The molecule has 19 heteroatoms. The number of rotatable bonds is 74. The van der Waals surface area contributed by atoms with Crippen LogP contribution in [-0.4, -0.2) is 96.7 Å². The van der Waals surface area contributed by atoms with Gasteiger partial charge in [-0.05, 0) is 31.6 Å². The van der Waals surface area contributed by atoms with E-state index in [1.807, 2.05) is 0 Å². The van der Waals surface area contributed by atoms with Crippen molar-refractivity contribution in [3.63, 3.8) is 0 Å². The Labute approximate surface area is 568 Å². The highest BCUT2D eigenvalue weighted by Gasteiger charge is 2.30. The predicted octanol–water partition coefficient (Wildman–Crippen LogP) is 21.7. The van der Waals surface area contributed by atoms with Crippen LogP contribution in [0.2, 0.25) is 0 Å². The molecule has 0 rings (SSSR count). The first-order valence-electron chi connectivity index (χ1n) is 38.6. The van der Waals surface area contributed by atoms with E-state index in [0.29, 0.717) is 25.7 Å². The van der Waals surface area contributed by atoms with E-state index in [9.17, 15) is 43.2 Å². The Morgan fingerprint density at radius 1 is 0.290 bits per heavy atom. The number of hydrogen-bond donors (Lipinski definition) is 3. The second kappa shape index (κ2) is 67.3. The van der Waals surface area contributed by atoms with Crippen molar-refractivity contribution in [1.29, 1.82) is 0 Å². The fraction of sp³-hybridized carbons (Fsp3) is 0.946. The molecule has 93 heavy (non-hydrogen) atoms. The molecular weight excluding hydrogens is 1220 g/mol. The zero-order chi connectivity index (χ0) is 68.4. The topological polar surface area (TPSA) is 237 Å². The number of unbranched alkanes of at least 4 members (excludes halogenated alkanes) is 46. The lowest BCUT2D eigenvalue weighted by Crippen LogP contribution is -2.30. The van der Waals surface area contributed by atoms with Crippen LogP contribution >= 0.6 is 15.6 Å². The molecule has 0 aliphatic heterocycles. The fourth-order valence-electron chi connectivity index (χ4n) is 11.4. The molecule has 2 unspecified atom stereocenters. The third kappa shape index (κ3) is 68.4. The molecule has 0 saturated carbocycles. The number of phosphoric acid groups is 2. The molecule has 0 aliphatic carbocycles. The lowest BCUT2D eigenvalue weighted by atomic mass is 10.0. The Kier molecular flexibility index (Phi) is 65.9. The lowest BCUT2D eigenvalue weighted by Gasteiger charge is -2.21. The molecule has 5 atom stereocenters. The van der Waals surface area contributed by atoms with Gasteiger partial charge in [0, 0.05) is 25.7 Å². The van der Waals surface area contributed by atoms with Gasteiger partial charge >= 0.3 is 39.5 Å². The minimum absolute atomic E-state index is 0.105. The van der Waals surface area contributed by atoms with Gasteiger partial charge in [-0.1, -0.05) is 336 Å². The van der Waals surface area contributed by atoms with Gasteiger partial charge in [0.25, 0.3) is 0 Å². The van der Waals surface area contributed by atoms with Gasteiger partial charge in [0.15, 0.2) is 12.2 Å². The van der Waals surface area contributed by atoms with E-state index in [1.54, 1.807) is 0 Å². The van der Waals surface area contributed by atoms with Gasteiger partial charge in [-0.2, -0.15) is 0 Å². The Bertz CT molecular complexity index is 1790. The second-order valence-corrected chi connectivity index (χ2v) is 30.1.